The minimum atomic E-state index is 0.840. The third-order valence-electron chi connectivity index (χ3n) is 3.54. The fourth-order valence-electron chi connectivity index (χ4n) is 2.28. The van der Waals surface area contributed by atoms with Gasteiger partial charge in [-0.2, -0.15) is 0 Å². The van der Waals surface area contributed by atoms with Gasteiger partial charge in [0.05, 0.1) is 6.61 Å². The quantitative estimate of drug-likeness (QED) is 0.595. The normalized spacial score (nSPS) is 10.8. The summed E-state index contributed by atoms with van der Waals surface area (Å²) in [6, 6.07) is 6.38. The molecule has 1 aromatic carbocycles. The number of rotatable bonds is 11. The fraction of sp³-hybridized carbons (Fsp3) is 0.667. The van der Waals surface area contributed by atoms with Gasteiger partial charge < -0.3 is 10.1 Å². The van der Waals surface area contributed by atoms with Crippen molar-refractivity contribution >= 4 is 0 Å². The van der Waals surface area contributed by atoms with Crippen LogP contribution in [0.2, 0.25) is 0 Å². The SMILES string of the molecule is CCCCNCCCCCCOc1ccc(C)cc1C. The van der Waals surface area contributed by atoms with Crippen LogP contribution in [0.5, 0.6) is 5.75 Å². The Bertz CT molecular complexity index is 362. The standard InChI is InChI=1S/C18H31NO/c1-4-5-12-19-13-8-6-7-9-14-20-18-11-10-16(2)15-17(18)3/h10-11,15,19H,4-9,12-14H2,1-3H3. The molecule has 0 amide bonds. The number of hydrogen-bond acceptors (Lipinski definition) is 2. The van der Waals surface area contributed by atoms with Crippen molar-refractivity contribution in [2.24, 2.45) is 0 Å². The molecule has 0 bridgehead atoms. The summed E-state index contributed by atoms with van der Waals surface area (Å²) in [6.07, 6.45) is 7.58. The Hall–Kier alpha value is -1.02. The highest BCUT2D eigenvalue weighted by Gasteiger charge is 1.99. The zero-order valence-corrected chi connectivity index (χ0v) is 13.5. The van der Waals surface area contributed by atoms with E-state index in [1.54, 1.807) is 0 Å². The Kier molecular flexibility index (Phi) is 9.14. The second-order valence-electron chi connectivity index (χ2n) is 5.64. The number of ether oxygens (including phenoxy) is 1. The molecule has 0 saturated carbocycles. The summed E-state index contributed by atoms with van der Waals surface area (Å²) in [7, 11) is 0. The maximum absolute atomic E-state index is 5.84. The van der Waals surface area contributed by atoms with E-state index in [4.69, 9.17) is 4.74 Å². The molecule has 1 aromatic rings. The molecule has 0 fully saturated rings. The van der Waals surface area contributed by atoms with Crippen LogP contribution in [0, 0.1) is 13.8 Å². The molecule has 0 atom stereocenters. The lowest BCUT2D eigenvalue weighted by molar-refractivity contribution is 0.302. The minimum absolute atomic E-state index is 0.840. The Labute approximate surface area is 124 Å². The molecule has 114 valence electrons. The molecule has 20 heavy (non-hydrogen) atoms. The average Bonchev–Trinajstić information content (AvgIpc) is 2.43. The number of benzene rings is 1. The molecule has 1 rings (SSSR count). The van der Waals surface area contributed by atoms with Gasteiger partial charge in [0.25, 0.3) is 0 Å². The Morgan fingerprint density at radius 3 is 2.45 bits per heavy atom. The number of aryl methyl sites for hydroxylation is 2. The summed E-state index contributed by atoms with van der Waals surface area (Å²) in [6.45, 7) is 9.64. The van der Waals surface area contributed by atoms with Gasteiger partial charge in [0.15, 0.2) is 0 Å². The summed E-state index contributed by atoms with van der Waals surface area (Å²) >= 11 is 0. The molecule has 0 aliphatic carbocycles. The maximum atomic E-state index is 5.84. The molecule has 0 aromatic heterocycles. The predicted molar refractivity (Wildman–Crippen MR) is 87.7 cm³/mol. The molecule has 0 aliphatic rings. The van der Waals surface area contributed by atoms with E-state index in [9.17, 15) is 0 Å². The van der Waals surface area contributed by atoms with Crippen LogP contribution in [-0.2, 0) is 0 Å². The van der Waals surface area contributed by atoms with Gasteiger partial charge in [-0.05, 0) is 57.8 Å². The summed E-state index contributed by atoms with van der Waals surface area (Å²) in [5.41, 5.74) is 2.54. The summed E-state index contributed by atoms with van der Waals surface area (Å²) < 4.78 is 5.84. The molecular formula is C18H31NO. The maximum Gasteiger partial charge on any atom is 0.122 e. The Morgan fingerprint density at radius 2 is 1.70 bits per heavy atom. The molecule has 0 heterocycles. The molecule has 2 heteroatoms. The molecular weight excluding hydrogens is 246 g/mol. The van der Waals surface area contributed by atoms with Crippen LogP contribution in [0.15, 0.2) is 18.2 Å². The first kappa shape index (κ1) is 17.0. The van der Waals surface area contributed by atoms with Crippen LogP contribution in [0.1, 0.15) is 56.6 Å². The van der Waals surface area contributed by atoms with Crippen LogP contribution in [0.25, 0.3) is 0 Å². The van der Waals surface area contributed by atoms with Gasteiger partial charge in [-0.15, -0.1) is 0 Å². The van der Waals surface area contributed by atoms with E-state index in [1.165, 1.54) is 49.8 Å². The van der Waals surface area contributed by atoms with Crippen molar-refractivity contribution in [3.8, 4) is 5.75 Å². The summed E-state index contributed by atoms with van der Waals surface area (Å²) in [5.74, 6) is 1.04. The van der Waals surface area contributed by atoms with Crippen LogP contribution < -0.4 is 10.1 Å². The zero-order chi connectivity index (χ0) is 14.6. The minimum Gasteiger partial charge on any atom is -0.493 e. The fourth-order valence-corrected chi connectivity index (χ4v) is 2.28. The van der Waals surface area contributed by atoms with E-state index in [1.807, 2.05) is 0 Å². The average molecular weight is 277 g/mol. The second kappa shape index (κ2) is 10.7. The third-order valence-corrected chi connectivity index (χ3v) is 3.54. The van der Waals surface area contributed by atoms with E-state index in [-0.39, 0.29) is 0 Å². The van der Waals surface area contributed by atoms with Crippen molar-refractivity contribution in [1.82, 2.24) is 5.32 Å². The van der Waals surface area contributed by atoms with Gasteiger partial charge in [0.2, 0.25) is 0 Å². The van der Waals surface area contributed by atoms with Gasteiger partial charge in [-0.1, -0.05) is 43.9 Å². The lowest BCUT2D eigenvalue weighted by Crippen LogP contribution is -2.16. The monoisotopic (exact) mass is 277 g/mol. The molecule has 0 saturated heterocycles. The van der Waals surface area contributed by atoms with E-state index in [0.717, 1.165) is 25.3 Å². The van der Waals surface area contributed by atoms with Gasteiger partial charge in [-0.3, -0.25) is 0 Å². The second-order valence-corrected chi connectivity index (χ2v) is 5.64. The number of hydrogen-bond donors (Lipinski definition) is 1. The lowest BCUT2D eigenvalue weighted by Gasteiger charge is -2.09. The topological polar surface area (TPSA) is 21.3 Å². The Balaban J connectivity index is 1.97. The molecule has 1 N–H and O–H groups in total. The number of unbranched alkanes of at least 4 members (excludes halogenated alkanes) is 4. The third kappa shape index (κ3) is 7.54. The van der Waals surface area contributed by atoms with Crippen molar-refractivity contribution in [2.45, 2.75) is 59.3 Å². The van der Waals surface area contributed by atoms with Gasteiger partial charge >= 0.3 is 0 Å². The Morgan fingerprint density at radius 1 is 0.950 bits per heavy atom. The zero-order valence-electron chi connectivity index (χ0n) is 13.5. The first-order valence-electron chi connectivity index (χ1n) is 8.15. The van der Waals surface area contributed by atoms with E-state index >= 15 is 0 Å². The summed E-state index contributed by atoms with van der Waals surface area (Å²) in [5, 5.41) is 3.48. The lowest BCUT2D eigenvalue weighted by atomic mass is 10.1. The van der Waals surface area contributed by atoms with Crippen molar-refractivity contribution in [2.75, 3.05) is 19.7 Å². The van der Waals surface area contributed by atoms with E-state index in [0.29, 0.717) is 0 Å². The van der Waals surface area contributed by atoms with Gasteiger partial charge in [0.1, 0.15) is 5.75 Å². The first-order chi connectivity index (χ1) is 9.74. The largest absolute Gasteiger partial charge is 0.493 e. The molecule has 2 nitrogen and oxygen atoms in total. The van der Waals surface area contributed by atoms with E-state index in [2.05, 4.69) is 44.3 Å². The van der Waals surface area contributed by atoms with Gasteiger partial charge in [0, 0.05) is 0 Å². The van der Waals surface area contributed by atoms with Crippen molar-refractivity contribution < 1.29 is 4.74 Å². The van der Waals surface area contributed by atoms with Crippen LogP contribution in [0.3, 0.4) is 0 Å². The molecule has 0 unspecified atom stereocenters. The summed E-state index contributed by atoms with van der Waals surface area (Å²) in [4.78, 5) is 0. The highest BCUT2D eigenvalue weighted by Crippen LogP contribution is 2.19. The highest BCUT2D eigenvalue weighted by molar-refractivity contribution is 5.35. The van der Waals surface area contributed by atoms with E-state index < -0.39 is 0 Å². The molecule has 0 radical (unpaired) electrons. The van der Waals surface area contributed by atoms with Crippen molar-refractivity contribution in [1.29, 1.82) is 0 Å². The van der Waals surface area contributed by atoms with Crippen molar-refractivity contribution in [3.05, 3.63) is 29.3 Å². The smallest absolute Gasteiger partial charge is 0.122 e. The molecule has 0 aliphatic heterocycles. The van der Waals surface area contributed by atoms with Crippen LogP contribution in [-0.4, -0.2) is 19.7 Å². The van der Waals surface area contributed by atoms with Gasteiger partial charge in [-0.25, -0.2) is 0 Å². The first-order valence-corrected chi connectivity index (χ1v) is 8.15. The van der Waals surface area contributed by atoms with Crippen LogP contribution >= 0.6 is 0 Å². The van der Waals surface area contributed by atoms with Crippen molar-refractivity contribution in [3.63, 3.8) is 0 Å². The van der Waals surface area contributed by atoms with Crippen LogP contribution in [0.4, 0.5) is 0 Å². The predicted octanol–water partition coefficient (Wildman–Crippen LogP) is 4.63. The highest BCUT2D eigenvalue weighted by atomic mass is 16.5. The number of nitrogens with one attached hydrogen (secondary N) is 1. The molecule has 0 spiro atoms.